The molecule has 0 aliphatic carbocycles. The SMILES string of the molecule is COc1ccc(-c2nc3ccc(-c4nnc(SCC(=O)Nc5ccc(C(C)=O)cc5)o4)cc3[nH]2)cc1. The maximum atomic E-state index is 12.3. The van der Waals surface area contributed by atoms with Gasteiger partial charge in [-0.05, 0) is 73.7 Å². The molecule has 9 nitrogen and oxygen atoms in total. The van der Waals surface area contributed by atoms with Gasteiger partial charge in [0.15, 0.2) is 5.78 Å². The molecule has 0 saturated heterocycles. The quantitative estimate of drug-likeness (QED) is 0.220. The zero-order valence-electron chi connectivity index (χ0n) is 19.4. The van der Waals surface area contributed by atoms with Gasteiger partial charge in [-0.2, -0.15) is 0 Å². The topological polar surface area (TPSA) is 123 Å². The molecule has 0 fully saturated rings. The molecule has 0 atom stereocenters. The molecule has 0 radical (unpaired) electrons. The zero-order chi connectivity index (χ0) is 25.1. The first-order valence-corrected chi connectivity index (χ1v) is 12.0. The van der Waals surface area contributed by atoms with Gasteiger partial charge in [0.1, 0.15) is 11.6 Å². The Bertz CT molecular complexity index is 1540. The van der Waals surface area contributed by atoms with Crippen molar-refractivity contribution in [3.05, 3.63) is 72.3 Å². The normalized spacial score (nSPS) is 10.9. The lowest BCUT2D eigenvalue weighted by atomic mass is 10.1. The van der Waals surface area contributed by atoms with Crippen molar-refractivity contribution >= 4 is 40.2 Å². The minimum atomic E-state index is -0.222. The molecule has 10 heteroatoms. The molecule has 2 N–H and O–H groups in total. The summed E-state index contributed by atoms with van der Waals surface area (Å²) in [6.45, 7) is 1.50. The largest absolute Gasteiger partial charge is 0.497 e. The lowest BCUT2D eigenvalue weighted by Crippen LogP contribution is -2.14. The van der Waals surface area contributed by atoms with Crippen molar-refractivity contribution in [1.82, 2.24) is 20.2 Å². The maximum Gasteiger partial charge on any atom is 0.277 e. The van der Waals surface area contributed by atoms with E-state index in [1.165, 1.54) is 6.92 Å². The molecule has 0 aliphatic rings. The number of thioether (sulfide) groups is 1. The summed E-state index contributed by atoms with van der Waals surface area (Å²) < 4.78 is 11.0. The predicted octanol–water partition coefficient (Wildman–Crippen LogP) is 5.22. The van der Waals surface area contributed by atoms with Crippen molar-refractivity contribution in [3.63, 3.8) is 0 Å². The summed E-state index contributed by atoms with van der Waals surface area (Å²) in [5.74, 6) is 1.72. The number of rotatable bonds is 8. The summed E-state index contributed by atoms with van der Waals surface area (Å²) in [6.07, 6.45) is 0. The Balaban J connectivity index is 1.23. The number of methoxy groups -OCH3 is 1. The van der Waals surface area contributed by atoms with E-state index in [1.54, 1.807) is 31.4 Å². The fourth-order valence-corrected chi connectivity index (χ4v) is 4.09. The van der Waals surface area contributed by atoms with Crippen LogP contribution in [-0.2, 0) is 4.79 Å². The van der Waals surface area contributed by atoms with E-state index in [2.05, 4.69) is 25.5 Å². The third-order valence-corrected chi connectivity index (χ3v) is 6.22. The Morgan fingerprint density at radius 3 is 2.47 bits per heavy atom. The number of nitrogens with one attached hydrogen (secondary N) is 2. The summed E-state index contributed by atoms with van der Waals surface area (Å²) >= 11 is 1.14. The van der Waals surface area contributed by atoms with Crippen molar-refractivity contribution in [2.45, 2.75) is 12.1 Å². The predicted molar refractivity (Wildman–Crippen MR) is 137 cm³/mol. The van der Waals surface area contributed by atoms with Gasteiger partial charge in [-0.1, -0.05) is 11.8 Å². The number of H-pyrrole nitrogens is 1. The molecule has 2 heterocycles. The number of nitrogens with zero attached hydrogens (tertiary/aromatic N) is 3. The number of aromatic nitrogens is 4. The number of ketones is 1. The van der Waals surface area contributed by atoms with Gasteiger partial charge < -0.3 is 19.5 Å². The third-order valence-electron chi connectivity index (χ3n) is 5.40. The number of hydrogen-bond acceptors (Lipinski definition) is 8. The molecule has 0 spiro atoms. The van der Waals surface area contributed by atoms with Crippen molar-refractivity contribution in [3.8, 4) is 28.6 Å². The van der Waals surface area contributed by atoms with Crippen LogP contribution in [0.25, 0.3) is 33.9 Å². The van der Waals surface area contributed by atoms with Crippen LogP contribution in [0.4, 0.5) is 5.69 Å². The van der Waals surface area contributed by atoms with E-state index >= 15 is 0 Å². The zero-order valence-corrected chi connectivity index (χ0v) is 20.3. The second-order valence-electron chi connectivity index (χ2n) is 7.89. The fourth-order valence-electron chi connectivity index (χ4n) is 3.53. The molecule has 0 saturated carbocycles. The van der Waals surface area contributed by atoms with Crippen LogP contribution in [0, 0.1) is 0 Å². The number of fused-ring (bicyclic) bond motifs is 1. The molecular formula is C26H21N5O4S. The maximum absolute atomic E-state index is 12.3. The molecule has 0 unspecified atom stereocenters. The Labute approximate surface area is 210 Å². The lowest BCUT2D eigenvalue weighted by Gasteiger charge is -2.04. The van der Waals surface area contributed by atoms with Gasteiger partial charge in [-0.3, -0.25) is 9.59 Å². The van der Waals surface area contributed by atoms with Gasteiger partial charge >= 0.3 is 0 Å². The van der Waals surface area contributed by atoms with Crippen molar-refractivity contribution in [2.75, 3.05) is 18.2 Å². The summed E-state index contributed by atoms with van der Waals surface area (Å²) in [5.41, 5.74) is 4.53. The number of ether oxygens (including phenoxy) is 1. The molecular weight excluding hydrogens is 478 g/mol. The van der Waals surface area contributed by atoms with Crippen molar-refractivity contribution in [1.29, 1.82) is 0 Å². The smallest absolute Gasteiger partial charge is 0.277 e. The molecule has 36 heavy (non-hydrogen) atoms. The van der Waals surface area contributed by atoms with Gasteiger partial charge in [0, 0.05) is 22.4 Å². The highest BCUT2D eigenvalue weighted by molar-refractivity contribution is 7.99. The Morgan fingerprint density at radius 1 is 1.00 bits per heavy atom. The number of carbonyl (C=O) groups excluding carboxylic acids is 2. The highest BCUT2D eigenvalue weighted by atomic mass is 32.2. The van der Waals surface area contributed by atoms with Gasteiger partial charge in [0.2, 0.25) is 11.8 Å². The number of Topliss-reactive ketones (excluding diaryl/α,β-unsaturated/α-hetero) is 1. The summed E-state index contributed by atoms with van der Waals surface area (Å²) in [6, 6.07) is 20.0. The van der Waals surface area contributed by atoms with Gasteiger partial charge in [0.05, 0.1) is 23.9 Å². The fraction of sp³-hybridized carbons (Fsp3) is 0.115. The molecule has 1 amide bonds. The van der Waals surface area contributed by atoms with Gasteiger partial charge in [0.25, 0.3) is 5.22 Å². The summed E-state index contributed by atoms with van der Waals surface area (Å²) in [5, 5.41) is 11.2. The van der Waals surface area contributed by atoms with Gasteiger partial charge in [-0.25, -0.2) is 4.98 Å². The Kier molecular flexibility index (Phi) is 6.50. The number of hydrogen-bond donors (Lipinski definition) is 2. The lowest BCUT2D eigenvalue weighted by molar-refractivity contribution is -0.113. The second-order valence-corrected chi connectivity index (χ2v) is 8.82. The number of amides is 1. The standard InChI is InChI=1S/C26H21N5O4S/c1-15(32)16-3-8-19(9-4-16)27-23(33)14-36-26-31-30-25(35-26)18-7-12-21-22(13-18)29-24(28-21)17-5-10-20(34-2)11-6-17/h3-13H,14H2,1-2H3,(H,27,33)(H,28,29). The third kappa shape index (κ3) is 5.13. The van der Waals surface area contributed by atoms with Crippen LogP contribution in [-0.4, -0.2) is 44.7 Å². The molecule has 5 rings (SSSR count). The van der Waals surface area contributed by atoms with Crippen LogP contribution < -0.4 is 10.1 Å². The summed E-state index contributed by atoms with van der Waals surface area (Å²) in [7, 11) is 1.63. The van der Waals surface area contributed by atoms with Crippen LogP contribution >= 0.6 is 11.8 Å². The first-order valence-electron chi connectivity index (χ1n) is 11.0. The van der Waals surface area contributed by atoms with Crippen LogP contribution in [0.1, 0.15) is 17.3 Å². The van der Waals surface area contributed by atoms with Crippen LogP contribution in [0.3, 0.4) is 0 Å². The van der Waals surface area contributed by atoms with Crippen molar-refractivity contribution < 1.29 is 18.7 Å². The number of benzene rings is 3. The number of imidazole rings is 1. The minimum absolute atomic E-state index is 0.0278. The second kappa shape index (κ2) is 10.0. The monoisotopic (exact) mass is 499 g/mol. The van der Waals surface area contributed by atoms with E-state index in [-0.39, 0.29) is 22.7 Å². The molecule has 3 aromatic carbocycles. The molecule has 5 aromatic rings. The van der Waals surface area contributed by atoms with Crippen LogP contribution in [0.5, 0.6) is 5.75 Å². The van der Waals surface area contributed by atoms with E-state index in [0.717, 1.165) is 45.5 Å². The van der Waals surface area contributed by atoms with E-state index in [1.807, 2.05) is 42.5 Å². The molecule has 2 aromatic heterocycles. The van der Waals surface area contributed by atoms with E-state index in [4.69, 9.17) is 9.15 Å². The number of aromatic amines is 1. The van der Waals surface area contributed by atoms with Crippen LogP contribution in [0.15, 0.2) is 76.4 Å². The van der Waals surface area contributed by atoms with E-state index in [9.17, 15) is 9.59 Å². The molecule has 0 aliphatic heterocycles. The van der Waals surface area contributed by atoms with Gasteiger partial charge in [-0.15, -0.1) is 10.2 Å². The Hall–Kier alpha value is -4.44. The number of carbonyl (C=O) groups is 2. The average Bonchev–Trinajstić information content (AvgIpc) is 3.55. The molecule has 180 valence electrons. The van der Waals surface area contributed by atoms with Crippen molar-refractivity contribution in [2.24, 2.45) is 0 Å². The summed E-state index contributed by atoms with van der Waals surface area (Å²) in [4.78, 5) is 31.6. The minimum Gasteiger partial charge on any atom is -0.497 e. The van der Waals surface area contributed by atoms with E-state index < -0.39 is 0 Å². The number of anilines is 1. The Morgan fingerprint density at radius 2 is 1.75 bits per heavy atom. The van der Waals surface area contributed by atoms with Crippen LogP contribution in [0.2, 0.25) is 0 Å². The highest BCUT2D eigenvalue weighted by Crippen LogP contribution is 2.28. The van der Waals surface area contributed by atoms with E-state index in [0.29, 0.717) is 17.1 Å². The average molecular weight is 500 g/mol. The first-order chi connectivity index (χ1) is 17.5. The first kappa shape index (κ1) is 23.3. The molecule has 0 bridgehead atoms. The highest BCUT2D eigenvalue weighted by Gasteiger charge is 2.14.